The maximum absolute atomic E-state index is 12.6. The highest BCUT2D eigenvalue weighted by molar-refractivity contribution is 6.04. The van der Waals surface area contributed by atoms with E-state index in [1.165, 1.54) is 34.1 Å². The molecule has 0 fully saturated rings. The van der Waals surface area contributed by atoms with Crippen LogP contribution < -0.4 is 22.1 Å². The molecule has 14 heteroatoms. The molecule has 14 nitrogen and oxygen atoms in total. The Kier molecular flexibility index (Phi) is 10.9. The molecule has 0 aliphatic carbocycles. The Bertz CT molecular complexity index is 1120. The second-order valence-corrected chi connectivity index (χ2v) is 8.12. The van der Waals surface area contributed by atoms with Crippen LogP contribution in [0, 0.1) is 0 Å². The number of primary amides is 2. The smallest absolute Gasteiger partial charge is 0.317 e. The van der Waals surface area contributed by atoms with Crippen LogP contribution in [-0.2, 0) is 19.2 Å². The molecule has 2 aromatic carbocycles. The molecule has 0 unspecified atom stereocenters. The number of hydrogen-bond donors (Lipinski definition) is 6. The molecule has 202 valence electrons. The van der Waals surface area contributed by atoms with Gasteiger partial charge in [0.2, 0.25) is 11.8 Å². The average molecular weight is 529 g/mol. The molecule has 2 rings (SSSR count). The molecule has 0 bridgehead atoms. The molecule has 38 heavy (non-hydrogen) atoms. The molecule has 0 radical (unpaired) electrons. The lowest BCUT2D eigenvalue weighted by atomic mass is 10.1. The van der Waals surface area contributed by atoms with Gasteiger partial charge in [-0.15, -0.1) is 0 Å². The molecular weight excluding hydrogens is 500 g/mol. The Morgan fingerprint density at radius 3 is 1.26 bits per heavy atom. The number of para-hydroxylation sites is 2. The van der Waals surface area contributed by atoms with E-state index in [4.69, 9.17) is 11.5 Å². The van der Waals surface area contributed by atoms with Crippen LogP contribution in [0.25, 0.3) is 0 Å². The number of anilines is 2. The van der Waals surface area contributed by atoms with Crippen molar-refractivity contribution in [2.24, 2.45) is 11.5 Å². The highest BCUT2D eigenvalue weighted by Gasteiger charge is 2.20. The Balaban J connectivity index is 2.06. The van der Waals surface area contributed by atoms with Crippen LogP contribution in [0.2, 0.25) is 0 Å². The second kappa shape index (κ2) is 14.1. The first-order valence-corrected chi connectivity index (χ1v) is 11.2. The molecule has 0 aliphatic heterocycles. The summed E-state index contributed by atoms with van der Waals surface area (Å²) in [6, 6.07) is 12.0. The average Bonchev–Trinajstić information content (AvgIpc) is 2.82. The number of nitrogens with zero attached hydrogens (tertiary/aromatic N) is 2. The molecule has 0 atom stereocenters. The van der Waals surface area contributed by atoms with E-state index in [1.807, 2.05) is 0 Å². The fourth-order valence-electron chi connectivity index (χ4n) is 3.49. The minimum absolute atomic E-state index is 0.0715. The number of rotatable bonds is 15. The molecule has 0 saturated carbocycles. The van der Waals surface area contributed by atoms with Gasteiger partial charge in [0.1, 0.15) is 0 Å². The number of nitrogens with two attached hydrogens (primary N) is 2. The SMILES string of the molecule is NC(=O)c1ccccc1NC(=O)CN(CCN(CC(=O)O)CC(=O)Nc1ccccc1C(N)=O)CC(=O)O. The quantitative estimate of drug-likeness (QED) is 0.169. The predicted molar refractivity (Wildman–Crippen MR) is 135 cm³/mol. The first-order valence-electron chi connectivity index (χ1n) is 11.2. The van der Waals surface area contributed by atoms with Crippen molar-refractivity contribution in [3.05, 3.63) is 59.7 Å². The largest absolute Gasteiger partial charge is 0.480 e. The number of nitrogens with one attached hydrogen (secondary N) is 2. The van der Waals surface area contributed by atoms with Gasteiger partial charge in [-0.05, 0) is 24.3 Å². The summed E-state index contributed by atoms with van der Waals surface area (Å²) in [5, 5.41) is 23.5. The molecule has 0 heterocycles. The highest BCUT2D eigenvalue weighted by atomic mass is 16.4. The van der Waals surface area contributed by atoms with Gasteiger partial charge in [-0.25, -0.2) is 0 Å². The molecular formula is C24H28N6O8. The van der Waals surface area contributed by atoms with E-state index in [0.29, 0.717) is 0 Å². The van der Waals surface area contributed by atoms with Crippen molar-refractivity contribution in [2.45, 2.75) is 0 Å². The zero-order valence-electron chi connectivity index (χ0n) is 20.3. The van der Waals surface area contributed by atoms with Crippen LogP contribution >= 0.6 is 0 Å². The number of carboxylic acids is 2. The highest BCUT2D eigenvalue weighted by Crippen LogP contribution is 2.15. The van der Waals surface area contributed by atoms with Crippen molar-refractivity contribution in [3.8, 4) is 0 Å². The van der Waals surface area contributed by atoms with Crippen LogP contribution in [0.3, 0.4) is 0 Å². The topological polar surface area (TPSA) is 225 Å². The number of amides is 4. The summed E-state index contributed by atoms with van der Waals surface area (Å²) >= 11 is 0. The Hall–Kier alpha value is -4.82. The fraction of sp³-hybridized carbons (Fsp3) is 0.250. The minimum Gasteiger partial charge on any atom is -0.480 e. The molecule has 0 saturated heterocycles. The summed E-state index contributed by atoms with van der Waals surface area (Å²) in [6.45, 7) is -2.09. The van der Waals surface area contributed by atoms with Crippen molar-refractivity contribution in [2.75, 3.05) is 49.9 Å². The second-order valence-electron chi connectivity index (χ2n) is 8.12. The van der Waals surface area contributed by atoms with Gasteiger partial charge in [-0.3, -0.25) is 38.6 Å². The normalized spacial score (nSPS) is 10.7. The number of benzene rings is 2. The molecule has 4 amide bonds. The number of carbonyl (C=O) groups is 6. The molecule has 0 aliphatic rings. The first-order chi connectivity index (χ1) is 18.0. The number of carbonyl (C=O) groups excluding carboxylic acids is 4. The third kappa shape index (κ3) is 9.67. The van der Waals surface area contributed by atoms with E-state index in [9.17, 15) is 39.0 Å². The van der Waals surface area contributed by atoms with E-state index in [1.54, 1.807) is 24.3 Å². The maximum atomic E-state index is 12.6. The van der Waals surface area contributed by atoms with E-state index >= 15 is 0 Å². The van der Waals surface area contributed by atoms with Gasteiger partial charge in [0.25, 0.3) is 11.8 Å². The van der Waals surface area contributed by atoms with E-state index in [-0.39, 0.29) is 35.6 Å². The zero-order valence-corrected chi connectivity index (χ0v) is 20.3. The van der Waals surface area contributed by atoms with E-state index < -0.39 is 61.7 Å². The third-order valence-electron chi connectivity index (χ3n) is 5.12. The zero-order chi connectivity index (χ0) is 28.2. The van der Waals surface area contributed by atoms with E-state index in [2.05, 4.69) is 10.6 Å². The van der Waals surface area contributed by atoms with Crippen molar-refractivity contribution < 1.29 is 39.0 Å². The summed E-state index contributed by atoms with van der Waals surface area (Å²) < 4.78 is 0. The lowest BCUT2D eigenvalue weighted by Crippen LogP contribution is -2.45. The van der Waals surface area contributed by atoms with Crippen LogP contribution in [0.5, 0.6) is 0 Å². The van der Waals surface area contributed by atoms with Gasteiger partial charge in [0.05, 0.1) is 48.7 Å². The van der Waals surface area contributed by atoms with Crippen LogP contribution in [0.4, 0.5) is 11.4 Å². The summed E-state index contributed by atoms with van der Waals surface area (Å²) in [5.74, 6) is -5.26. The monoisotopic (exact) mass is 528 g/mol. The Morgan fingerprint density at radius 1 is 0.605 bits per heavy atom. The van der Waals surface area contributed by atoms with Gasteiger partial charge in [-0.1, -0.05) is 24.3 Å². The minimum atomic E-state index is -1.24. The van der Waals surface area contributed by atoms with Gasteiger partial charge < -0.3 is 32.3 Å². The summed E-state index contributed by atoms with van der Waals surface area (Å²) in [6.07, 6.45) is 0. The fourth-order valence-corrected chi connectivity index (χ4v) is 3.49. The summed E-state index contributed by atoms with van der Waals surface area (Å²) in [4.78, 5) is 73.4. The number of aliphatic carboxylic acids is 2. The Labute approximate surface area is 217 Å². The van der Waals surface area contributed by atoms with E-state index in [0.717, 1.165) is 0 Å². The lowest BCUT2D eigenvalue weighted by molar-refractivity contribution is -0.140. The molecule has 8 N–H and O–H groups in total. The summed E-state index contributed by atoms with van der Waals surface area (Å²) in [5.41, 5.74) is 11.1. The van der Waals surface area contributed by atoms with Gasteiger partial charge in [-0.2, -0.15) is 0 Å². The van der Waals surface area contributed by atoms with Gasteiger partial charge >= 0.3 is 11.9 Å². The van der Waals surface area contributed by atoms with Crippen molar-refractivity contribution >= 4 is 46.9 Å². The molecule has 0 spiro atoms. The van der Waals surface area contributed by atoms with Gasteiger partial charge in [0, 0.05) is 13.1 Å². The van der Waals surface area contributed by atoms with Crippen molar-refractivity contribution in [1.29, 1.82) is 0 Å². The number of hydrogen-bond acceptors (Lipinski definition) is 8. The molecule has 2 aromatic rings. The predicted octanol–water partition coefficient (Wildman–Crippen LogP) is -0.765. The summed E-state index contributed by atoms with van der Waals surface area (Å²) in [7, 11) is 0. The van der Waals surface area contributed by atoms with Crippen LogP contribution in [0.1, 0.15) is 20.7 Å². The first kappa shape index (κ1) is 29.4. The van der Waals surface area contributed by atoms with Crippen molar-refractivity contribution in [3.63, 3.8) is 0 Å². The maximum Gasteiger partial charge on any atom is 0.317 e. The van der Waals surface area contributed by atoms with Crippen molar-refractivity contribution in [1.82, 2.24) is 9.80 Å². The molecule has 0 aromatic heterocycles. The third-order valence-corrected chi connectivity index (χ3v) is 5.12. The van der Waals surface area contributed by atoms with Gasteiger partial charge in [0.15, 0.2) is 0 Å². The lowest BCUT2D eigenvalue weighted by Gasteiger charge is -2.25. The standard InChI is InChI=1S/C24H28N6O8/c25-23(37)15-5-1-3-7-17(15)27-19(31)11-29(13-21(33)34)9-10-30(14-22(35)36)12-20(32)28-18-8-4-2-6-16(18)24(26)38/h1-8H,9-14H2,(H2,25,37)(H2,26,38)(H,27,31)(H,28,32)(H,33,34)(H,35,36). The van der Waals surface area contributed by atoms with Crippen LogP contribution in [0.15, 0.2) is 48.5 Å². The van der Waals surface area contributed by atoms with Crippen LogP contribution in [-0.4, -0.2) is 94.8 Å². The number of carboxylic acid groups (broad SMARTS) is 2. The Morgan fingerprint density at radius 2 is 0.947 bits per heavy atom.